The van der Waals surface area contributed by atoms with Crippen LogP contribution in [-0.4, -0.2) is 55.1 Å². The standard InChI is InChI=1S/C27H34N2O5/c1-4-11-23(26(31)28-25-20(2)12-10-15-22(25)27(32)33-3)29(16-8-9-17-29)18-24(30)34-19-21-13-6-5-7-14-21/h5-7,10,12-15,23H,4,8-9,11,16-19H2,1-3H3/p+1. The van der Waals surface area contributed by atoms with Gasteiger partial charge in [0.1, 0.15) is 6.61 Å². The molecule has 1 unspecified atom stereocenters. The molecule has 1 N–H and O–H groups in total. The Kier molecular flexibility index (Phi) is 8.82. The van der Waals surface area contributed by atoms with Crippen molar-refractivity contribution in [1.82, 2.24) is 0 Å². The van der Waals surface area contributed by atoms with Crippen LogP contribution in [0.4, 0.5) is 5.69 Å². The van der Waals surface area contributed by atoms with Gasteiger partial charge in [0.15, 0.2) is 12.6 Å². The van der Waals surface area contributed by atoms with Crippen molar-refractivity contribution >= 4 is 23.5 Å². The highest BCUT2D eigenvalue weighted by molar-refractivity contribution is 6.03. The third-order valence-corrected chi connectivity index (χ3v) is 6.60. The van der Waals surface area contributed by atoms with E-state index in [1.807, 2.05) is 50.2 Å². The minimum Gasteiger partial charge on any atom is -0.465 e. The molecule has 182 valence electrons. The van der Waals surface area contributed by atoms with Crippen LogP contribution in [0.5, 0.6) is 0 Å². The van der Waals surface area contributed by atoms with Crippen LogP contribution < -0.4 is 5.32 Å². The molecule has 7 nitrogen and oxygen atoms in total. The first kappa shape index (κ1) is 25.4. The molecule has 1 aliphatic rings. The Bertz CT molecular complexity index is 999. The van der Waals surface area contributed by atoms with Crippen molar-refractivity contribution in [3.8, 4) is 0 Å². The Morgan fingerprint density at radius 3 is 2.38 bits per heavy atom. The molecule has 1 atom stereocenters. The normalized spacial score (nSPS) is 15.4. The summed E-state index contributed by atoms with van der Waals surface area (Å²) in [5, 5.41) is 3.00. The summed E-state index contributed by atoms with van der Waals surface area (Å²) in [5.41, 5.74) is 2.49. The number of nitrogens with one attached hydrogen (secondary N) is 1. The molecule has 0 saturated carbocycles. The number of carbonyl (C=O) groups is 3. The number of para-hydroxylation sites is 1. The predicted octanol–water partition coefficient (Wildman–Crippen LogP) is 4.24. The lowest BCUT2D eigenvalue weighted by Crippen LogP contribution is -2.60. The number of hydrogen-bond acceptors (Lipinski definition) is 5. The van der Waals surface area contributed by atoms with Gasteiger partial charge in [0.2, 0.25) is 0 Å². The average molecular weight is 468 g/mol. The molecule has 1 saturated heterocycles. The molecule has 0 aliphatic carbocycles. The Balaban J connectivity index is 1.80. The highest BCUT2D eigenvalue weighted by Crippen LogP contribution is 2.29. The maximum absolute atomic E-state index is 13.6. The maximum Gasteiger partial charge on any atom is 0.362 e. The lowest BCUT2D eigenvalue weighted by molar-refractivity contribution is -0.925. The summed E-state index contributed by atoms with van der Waals surface area (Å²) in [6.45, 7) is 5.75. The summed E-state index contributed by atoms with van der Waals surface area (Å²) in [7, 11) is 1.32. The van der Waals surface area contributed by atoms with Crippen LogP contribution >= 0.6 is 0 Å². The van der Waals surface area contributed by atoms with E-state index in [0.29, 0.717) is 22.2 Å². The zero-order valence-corrected chi connectivity index (χ0v) is 20.3. The second kappa shape index (κ2) is 11.8. The van der Waals surface area contributed by atoms with Crippen molar-refractivity contribution in [3.05, 3.63) is 65.2 Å². The molecule has 1 aliphatic heterocycles. The molecule has 0 radical (unpaired) electrons. The molecule has 0 bridgehead atoms. The molecule has 34 heavy (non-hydrogen) atoms. The van der Waals surface area contributed by atoms with Crippen LogP contribution in [0.2, 0.25) is 0 Å². The van der Waals surface area contributed by atoms with E-state index in [9.17, 15) is 14.4 Å². The van der Waals surface area contributed by atoms with E-state index < -0.39 is 12.0 Å². The average Bonchev–Trinajstić information content (AvgIpc) is 3.31. The summed E-state index contributed by atoms with van der Waals surface area (Å²) in [6, 6.07) is 14.4. The van der Waals surface area contributed by atoms with Crippen molar-refractivity contribution < 1.29 is 28.3 Å². The van der Waals surface area contributed by atoms with Gasteiger partial charge in [-0.1, -0.05) is 49.4 Å². The molecule has 1 heterocycles. The van der Waals surface area contributed by atoms with Crippen LogP contribution in [0.15, 0.2) is 48.5 Å². The Morgan fingerprint density at radius 2 is 1.74 bits per heavy atom. The van der Waals surface area contributed by atoms with E-state index in [2.05, 4.69) is 5.32 Å². The van der Waals surface area contributed by atoms with Crippen LogP contribution in [0, 0.1) is 6.92 Å². The van der Waals surface area contributed by atoms with E-state index in [1.54, 1.807) is 12.1 Å². The lowest BCUT2D eigenvalue weighted by Gasteiger charge is -2.40. The van der Waals surface area contributed by atoms with Gasteiger partial charge in [0.05, 0.1) is 31.5 Å². The van der Waals surface area contributed by atoms with Crippen molar-refractivity contribution in [1.29, 1.82) is 0 Å². The van der Waals surface area contributed by atoms with Gasteiger partial charge in [-0.3, -0.25) is 4.79 Å². The quantitative estimate of drug-likeness (QED) is 0.417. The molecule has 2 aromatic rings. The number of ether oxygens (including phenoxy) is 2. The number of hydrogen-bond donors (Lipinski definition) is 1. The molecule has 3 rings (SSSR count). The minimum absolute atomic E-state index is 0.155. The number of nitrogens with zero attached hydrogens (tertiary/aromatic N) is 1. The van der Waals surface area contributed by atoms with Crippen LogP contribution in [0.3, 0.4) is 0 Å². The second-order valence-corrected chi connectivity index (χ2v) is 8.96. The molecule has 2 aromatic carbocycles. The first-order chi connectivity index (χ1) is 16.4. The topological polar surface area (TPSA) is 81.7 Å². The fraction of sp³-hybridized carbons (Fsp3) is 0.444. The monoisotopic (exact) mass is 467 g/mol. The highest BCUT2D eigenvalue weighted by Gasteiger charge is 2.45. The number of rotatable bonds is 10. The van der Waals surface area contributed by atoms with Crippen LogP contribution in [-0.2, 0) is 25.7 Å². The predicted molar refractivity (Wildman–Crippen MR) is 130 cm³/mol. The van der Waals surface area contributed by atoms with E-state index >= 15 is 0 Å². The fourth-order valence-corrected chi connectivity index (χ4v) is 4.83. The van der Waals surface area contributed by atoms with Gasteiger partial charge in [-0.15, -0.1) is 0 Å². The lowest BCUT2D eigenvalue weighted by atomic mass is 10.0. The number of methoxy groups -OCH3 is 1. The first-order valence-corrected chi connectivity index (χ1v) is 11.9. The SMILES string of the molecule is CCCC(C(=O)Nc1c(C)cccc1C(=O)OC)[N+]1(CC(=O)OCc2ccccc2)CCCC1. The van der Waals surface area contributed by atoms with Gasteiger partial charge >= 0.3 is 11.9 Å². The number of likely N-dealkylation sites (tertiary alicyclic amines) is 1. The summed E-state index contributed by atoms with van der Waals surface area (Å²) in [4.78, 5) is 38.8. The number of carbonyl (C=O) groups excluding carboxylic acids is 3. The molecule has 7 heteroatoms. The summed E-state index contributed by atoms with van der Waals surface area (Å²) < 4.78 is 10.9. The van der Waals surface area contributed by atoms with Crippen molar-refractivity contribution in [2.45, 2.75) is 52.2 Å². The molecular formula is C27H35N2O5+. The van der Waals surface area contributed by atoms with Gasteiger partial charge in [-0.2, -0.15) is 0 Å². The highest BCUT2D eigenvalue weighted by atomic mass is 16.5. The zero-order valence-electron chi connectivity index (χ0n) is 20.3. The van der Waals surface area contributed by atoms with Gasteiger partial charge in [0.25, 0.3) is 5.91 Å². The largest absolute Gasteiger partial charge is 0.465 e. The van der Waals surface area contributed by atoms with Crippen molar-refractivity contribution in [2.24, 2.45) is 0 Å². The number of aryl methyl sites for hydroxylation is 1. The zero-order chi connectivity index (χ0) is 24.6. The van der Waals surface area contributed by atoms with Gasteiger partial charge in [-0.25, -0.2) is 9.59 Å². The Hall–Kier alpha value is -3.19. The molecule has 0 aromatic heterocycles. The van der Waals surface area contributed by atoms with Crippen LogP contribution in [0.1, 0.15) is 54.1 Å². The smallest absolute Gasteiger partial charge is 0.362 e. The number of anilines is 1. The Morgan fingerprint density at radius 1 is 1.03 bits per heavy atom. The van der Waals surface area contributed by atoms with Gasteiger partial charge in [-0.05, 0) is 30.5 Å². The Labute approximate surface area is 201 Å². The third-order valence-electron chi connectivity index (χ3n) is 6.60. The summed E-state index contributed by atoms with van der Waals surface area (Å²) in [5.74, 6) is -0.981. The van der Waals surface area contributed by atoms with E-state index in [-0.39, 0.29) is 25.0 Å². The summed E-state index contributed by atoms with van der Waals surface area (Å²) >= 11 is 0. The van der Waals surface area contributed by atoms with E-state index in [1.165, 1.54) is 7.11 Å². The number of amides is 1. The molecule has 1 amide bonds. The number of quaternary nitrogens is 1. The minimum atomic E-state index is -0.499. The van der Waals surface area contributed by atoms with E-state index in [4.69, 9.17) is 9.47 Å². The maximum atomic E-state index is 13.6. The molecular weight excluding hydrogens is 432 g/mol. The fourth-order valence-electron chi connectivity index (χ4n) is 4.83. The van der Waals surface area contributed by atoms with Gasteiger partial charge in [0, 0.05) is 19.3 Å². The van der Waals surface area contributed by atoms with Crippen LogP contribution in [0.25, 0.3) is 0 Å². The van der Waals surface area contributed by atoms with E-state index in [0.717, 1.165) is 43.5 Å². The van der Waals surface area contributed by atoms with Crippen molar-refractivity contribution in [2.75, 3.05) is 32.1 Å². The molecule has 0 spiro atoms. The van der Waals surface area contributed by atoms with Crippen molar-refractivity contribution in [3.63, 3.8) is 0 Å². The molecule has 1 fully saturated rings. The number of benzene rings is 2. The van der Waals surface area contributed by atoms with Gasteiger partial charge < -0.3 is 19.3 Å². The number of esters is 2. The second-order valence-electron chi connectivity index (χ2n) is 8.96. The third kappa shape index (κ3) is 6.03. The summed E-state index contributed by atoms with van der Waals surface area (Å²) in [6.07, 6.45) is 3.35. The first-order valence-electron chi connectivity index (χ1n) is 11.9.